The number of hydrogen-bond acceptors (Lipinski definition) is 2. The van der Waals surface area contributed by atoms with Crippen molar-refractivity contribution in [2.75, 3.05) is 0 Å². The van der Waals surface area contributed by atoms with Gasteiger partial charge in [-0.1, -0.05) is 15.9 Å². The van der Waals surface area contributed by atoms with Gasteiger partial charge in [-0.25, -0.2) is 9.37 Å². The van der Waals surface area contributed by atoms with Crippen LogP contribution in [0.15, 0.2) is 34.8 Å². The van der Waals surface area contributed by atoms with Gasteiger partial charge in [-0.15, -0.1) is 11.6 Å². The molecule has 0 N–H and O–H groups in total. The van der Waals surface area contributed by atoms with Crippen LogP contribution in [-0.4, -0.2) is 4.98 Å². The average Bonchev–Trinajstić information content (AvgIpc) is 2.33. The highest BCUT2D eigenvalue weighted by molar-refractivity contribution is 9.10. The lowest BCUT2D eigenvalue weighted by molar-refractivity contribution is 0.426. The Bertz CT molecular complexity index is 577. The number of pyridine rings is 1. The van der Waals surface area contributed by atoms with E-state index in [1.165, 1.54) is 6.07 Å². The summed E-state index contributed by atoms with van der Waals surface area (Å²) < 4.78 is 19.7. The number of aromatic nitrogens is 1. The summed E-state index contributed by atoms with van der Waals surface area (Å²) in [6, 6.07) is 8.05. The third-order valence-corrected chi connectivity index (χ3v) is 3.05. The van der Waals surface area contributed by atoms with Crippen LogP contribution < -0.4 is 4.74 Å². The number of aryl methyl sites for hydroxylation is 1. The number of hydrogen-bond donors (Lipinski definition) is 0. The smallest absolute Gasteiger partial charge is 0.219 e. The number of alkyl halides is 1. The summed E-state index contributed by atoms with van der Waals surface area (Å²) in [6.45, 7) is 1.83. The molecule has 0 radical (unpaired) electrons. The Kier molecular flexibility index (Phi) is 4.19. The van der Waals surface area contributed by atoms with Crippen molar-refractivity contribution in [2.24, 2.45) is 0 Å². The van der Waals surface area contributed by atoms with Crippen molar-refractivity contribution in [3.8, 4) is 11.6 Å². The first-order valence-corrected chi connectivity index (χ1v) is 6.57. The molecule has 0 unspecified atom stereocenters. The quantitative estimate of drug-likeness (QED) is 0.753. The second-order valence-electron chi connectivity index (χ2n) is 3.77. The monoisotopic (exact) mass is 329 g/mol. The van der Waals surface area contributed by atoms with Crippen molar-refractivity contribution in [1.82, 2.24) is 4.98 Å². The van der Waals surface area contributed by atoms with Crippen LogP contribution in [0.3, 0.4) is 0 Å². The summed E-state index contributed by atoms with van der Waals surface area (Å²) in [6.07, 6.45) is 0. The van der Waals surface area contributed by atoms with Gasteiger partial charge in [0.2, 0.25) is 5.88 Å². The van der Waals surface area contributed by atoms with Gasteiger partial charge in [-0.2, -0.15) is 0 Å². The highest BCUT2D eigenvalue weighted by Gasteiger charge is 2.07. The zero-order valence-corrected chi connectivity index (χ0v) is 11.9. The van der Waals surface area contributed by atoms with Crippen molar-refractivity contribution < 1.29 is 9.13 Å². The molecule has 0 atom stereocenters. The van der Waals surface area contributed by atoms with Crippen LogP contribution in [0.4, 0.5) is 4.39 Å². The summed E-state index contributed by atoms with van der Waals surface area (Å²) in [5.74, 6) is 0.389. The fourth-order valence-corrected chi connectivity index (χ4v) is 2.00. The Labute approximate surface area is 118 Å². The van der Waals surface area contributed by atoms with Gasteiger partial charge >= 0.3 is 0 Å². The van der Waals surface area contributed by atoms with Crippen LogP contribution in [0.5, 0.6) is 11.6 Å². The van der Waals surface area contributed by atoms with Gasteiger partial charge in [0.15, 0.2) is 11.6 Å². The first kappa shape index (κ1) is 13.3. The maximum absolute atomic E-state index is 13.5. The number of nitrogens with zero attached hydrogens (tertiary/aromatic N) is 1. The number of halogens is 3. The van der Waals surface area contributed by atoms with Crippen molar-refractivity contribution in [3.63, 3.8) is 0 Å². The average molecular weight is 331 g/mol. The summed E-state index contributed by atoms with van der Waals surface area (Å²) >= 11 is 9.03. The molecular weight excluding hydrogens is 321 g/mol. The molecule has 0 saturated heterocycles. The zero-order chi connectivity index (χ0) is 13.1. The molecule has 2 aromatic rings. The lowest BCUT2D eigenvalue weighted by Gasteiger charge is -2.08. The van der Waals surface area contributed by atoms with Gasteiger partial charge in [0, 0.05) is 22.1 Å². The minimum atomic E-state index is -0.436. The normalized spacial score (nSPS) is 10.4. The van der Waals surface area contributed by atoms with Crippen LogP contribution in [0, 0.1) is 12.7 Å². The molecule has 0 aliphatic carbocycles. The fourth-order valence-electron chi connectivity index (χ4n) is 1.50. The molecule has 0 amide bonds. The van der Waals surface area contributed by atoms with E-state index in [1.807, 2.05) is 13.0 Å². The van der Waals surface area contributed by atoms with E-state index < -0.39 is 5.82 Å². The number of rotatable bonds is 3. The molecule has 5 heteroatoms. The summed E-state index contributed by atoms with van der Waals surface area (Å²) in [5.41, 5.74) is 1.66. The molecule has 0 aliphatic heterocycles. The third-order valence-electron chi connectivity index (χ3n) is 2.25. The third kappa shape index (κ3) is 3.21. The molecule has 0 bridgehead atoms. The topological polar surface area (TPSA) is 22.1 Å². The Hall–Kier alpha value is -1.13. The van der Waals surface area contributed by atoms with Crippen LogP contribution in [0.1, 0.15) is 11.3 Å². The minimum absolute atomic E-state index is 0.128. The van der Waals surface area contributed by atoms with Gasteiger partial charge in [-0.3, -0.25) is 0 Å². The molecule has 0 fully saturated rings. The Morgan fingerprint density at radius 2 is 2.11 bits per heavy atom. The highest BCUT2D eigenvalue weighted by atomic mass is 79.9. The van der Waals surface area contributed by atoms with E-state index in [4.69, 9.17) is 16.3 Å². The molecule has 0 aliphatic rings. The number of benzene rings is 1. The second-order valence-corrected chi connectivity index (χ2v) is 4.95. The second kappa shape index (κ2) is 5.67. The zero-order valence-electron chi connectivity index (χ0n) is 9.58. The van der Waals surface area contributed by atoms with Gasteiger partial charge in [0.05, 0.1) is 0 Å². The number of ether oxygens (including phenoxy) is 1. The summed E-state index contributed by atoms with van der Waals surface area (Å²) in [4.78, 5) is 4.19. The highest BCUT2D eigenvalue weighted by Crippen LogP contribution is 2.27. The van der Waals surface area contributed by atoms with Crippen molar-refractivity contribution in [1.29, 1.82) is 0 Å². The maximum atomic E-state index is 13.5. The summed E-state index contributed by atoms with van der Waals surface area (Å²) in [5, 5.41) is 0. The molecule has 94 valence electrons. The van der Waals surface area contributed by atoms with Crippen LogP contribution in [0.25, 0.3) is 0 Å². The van der Waals surface area contributed by atoms with Gasteiger partial charge in [0.25, 0.3) is 0 Å². The van der Waals surface area contributed by atoms with Gasteiger partial charge in [-0.05, 0) is 36.8 Å². The van der Waals surface area contributed by atoms with E-state index in [-0.39, 0.29) is 5.75 Å². The molecule has 1 aromatic carbocycles. The Morgan fingerprint density at radius 1 is 1.33 bits per heavy atom. The van der Waals surface area contributed by atoms with E-state index in [0.717, 1.165) is 15.7 Å². The van der Waals surface area contributed by atoms with Crippen LogP contribution in [0.2, 0.25) is 0 Å². The van der Waals surface area contributed by atoms with Crippen LogP contribution >= 0.6 is 27.5 Å². The van der Waals surface area contributed by atoms with E-state index >= 15 is 0 Å². The first-order valence-electron chi connectivity index (χ1n) is 5.25. The standard InChI is InChI=1S/C13H10BrClFNO/c1-8-4-9(7-15)5-13(17-8)18-12-6-10(14)2-3-11(12)16/h2-6H,7H2,1H3. The SMILES string of the molecule is Cc1cc(CCl)cc(Oc2cc(Br)ccc2F)n1. The van der Waals surface area contributed by atoms with Crippen molar-refractivity contribution >= 4 is 27.5 Å². The lowest BCUT2D eigenvalue weighted by atomic mass is 10.2. The Morgan fingerprint density at radius 3 is 2.83 bits per heavy atom. The van der Waals surface area contributed by atoms with E-state index in [1.54, 1.807) is 18.2 Å². The first-order chi connectivity index (χ1) is 8.58. The predicted molar refractivity (Wildman–Crippen MR) is 72.7 cm³/mol. The molecule has 18 heavy (non-hydrogen) atoms. The molecule has 1 aromatic heterocycles. The summed E-state index contributed by atoms with van der Waals surface area (Å²) in [7, 11) is 0. The fraction of sp³-hybridized carbons (Fsp3) is 0.154. The minimum Gasteiger partial charge on any atom is -0.436 e. The Balaban J connectivity index is 2.33. The molecule has 1 heterocycles. The molecule has 2 rings (SSSR count). The predicted octanol–water partition coefficient (Wildman–Crippen LogP) is 4.82. The molecular formula is C13H10BrClFNO. The molecule has 0 spiro atoms. The van der Waals surface area contributed by atoms with Crippen molar-refractivity contribution in [3.05, 3.63) is 51.9 Å². The largest absolute Gasteiger partial charge is 0.436 e. The van der Waals surface area contributed by atoms with E-state index in [0.29, 0.717) is 11.8 Å². The molecule has 0 saturated carbocycles. The van der Waals surface area contributed by atoms with Gasteiger partial charge in [0.1, 0.15) is 0 Å². The maximum Gasteiger partial charge on any atom is 0.219 e. The van der Waals surface area contributed by atoms with E-state index in [9.17, 15) is 4.39 Å². The van der Waals surface area contributed by atoms with Crippen LogP contribution in [-0.2, 0) is 5.88 Å². The lowest BCUT2D eigenvalue weighted by Crippen LogP contribution is -1.94. The van der Waals surface area contributed by atoms with E-state index in [2.05, 4.69) is 20.9 Å². The van der Waals surface area contributed by atoms with Gasteiger partial charge < -0.3 is 4.74 Å². The van der Waals surface area contributed by atoms with Crippen molar-refractivity contribution in [2.45, 2.75) is 12.8 Å². The molecule has 2 nitrogen and oxygen atoms in total.